The zero-order chi connectivity index (χ0) is 21.5. The van der Waals surface area contributed by atoms with Crippen molar-refractivity contribution in [2.45, 2.75) is 12.5 Å². The first-order valence-electron chi connectivity index (χ1n) is 8.97. The quantitative estimate of drug-likeness (QED) is 0.341. The Morgan fingerprint density at radius 2 is 2.20 bits per heavy atom. The van der Waals surface area contributed by atoms with Crippen molar-refractivity contribution in [3.63, 3.8) is 0 Å². The highest BCUT2D eigenvalue weighted by Gasteiger charge is 2.11. The van der Waals surface area contributed by atoms with Gasteiger partial charge in [-0.15, -0.1) is 4.91 Å². The fraction of sp³-hybridized carbons (Fsp3) is 0.200. The average molecular weight is 405 g/mol. The fourth-order valence-corrected chi connectivity index (χ4v) is 2.61. The van der Waals surface area contributed by atoms with Gasteiger partial charge in [-0.1, -0.05) is 24.0 Å². The minimum absolute atomic E-state index is 0.0952. The Balaban J connectivity index is 1.88. The number of nitroso groups, excluding NO2 is 1. The predicted molar refractivity (Wildman–Crippen MR) is 109 cm³/mol. The van der Waals surface area contributed by atoms with Gasteiger partial charge in [-0.3, -0.25) is 9.80 Å². The first kappa shape index (κ1) is 20.6. The van der Waals surface area contributed by atoms with Crippen LogP contribution in [0, 0.1) is 16.7 Å². The number of aliphatic hydroxyl groups excluding tert-OH is 1. The molecule has 2 heterocycles. The van der Waals surface area contributed by atoms with E-state index in [4.69, 9.17) is 5.73 Å². The molecule has 1 atom stereocenters. The summed E-state index contributed by atoms with van der Waals surface area (Å²) in [6, 6.07) is 10.5. The van der Waals surface area contributed by atoms with Crippen LogP contribution in [0.15, 0.2) is 54.3 Å². The number of nitrogens with zero attached hydrogens (tertiary/aromatic N) is 6. The summed E-state index contributed by atoms with van der Waals surface area (Å²) in [4.78, 5) is 30.3. The molecule has 0 aliphatic heterocycles. The van der Waals surface area contributed by atoms with Gasteiger partial charge in [0.2, 0.25) is 0 Å². The minimum atomic E-state index is -0.895. The summed E-state index contributed by atoms with van der Waals surface area (Å²) in [5.41, 5.74) is 7.99. The van der Waals surface area contributed by atoms with Crippen molar-refractivity contribution in [1.82, 2.24) is 24.8 Å². The van der Waals surface area contributed by atoms with Gasteiger partial charge in [0.25, 0.3) is 5.91 Å². The van der Waals surface area contributed by atoms with Gasteiger partial charge in [0, 0.05) is 31.1 Å². The van der Waals surface area contributed by atoms with E-state index in [1.807, 2.05) is 6.07 Å². The Bertz CT molecular complexity index is 1100. The molecular weight excluding hydrogens is 386 g/mol. The van der Waals surface area contributed by atoms with Gasteiger partial charge in [0.15, 0.2) is 0 Å². The Morgan fingerprint density at radius 3 is 2.90 bits per heavy atom. The van der Waals surface area contributed by atoms with Crippen molar-refractivity contribution in [3.05, 3.63) is 65.2 Å². The minimum Gasteiger partial charge on any atom is -0.380 e. The average Bonchev–Trinajstić information content (AvgIpc) is 3.31. The largest absolute Gasteiger partial charge is 0.380 e. The zero-order valence-electron chi connectivity index (χ0n) is 16.1. The molecule has 0 unspecified atom stereocenters. The maximum absolute atomic E-state index is 11.7. The van der Waals surface area contributed by atoms with Crippen LogP contribution in [0.5, 0.6) is 0 Å². The molecule has 3 N–H and O–H groups in total. The van der Waals surface area contributed by atoms with Crippen molar-refractivity contribution in [2.75, 3.05) is 13.6 Å². The summed E-state index contributed by atoms with van der Waals surface area (Å²) in [6.45, 7) is 0.300. The summed E-state index contributed by atoms with van der Waals surface area (Å²) in [5.74, 6) is 4.98. The van der Waals surface area contributed by atoms with Crippen LogP contribution in [0.2, 0.25) is 0 Å². The van der Waals surface area contributed by atoms with E-state index < -0.39 is 12.0 Å². The Hall–Kier alpha value is -4.10. The van der Waals surface area contributed by atoms with E-state index in [1.165, 1.54) is 35.5 Å². The van der Waals surface area contributed by atoms with Gasteiger partial charge >= 0.3 is 0 Å². The Kier molecular flexibility index (Phi) is 6.46. The molecule has 0 bridgehead atoms. The predicted octanol–water partition coefficient (Wildman–Crippen LogP) is 1.14. The van der Waals surface area contributed by atoms with E-state index in [1.54, 1.807) is 24.3 Å². The molecule has 0 aliphatic rings. The third-order valence-corrected chi connectivity index (χ3v) is 4.15. The lowest BCUT2D eigenvalue weighted by Gasteiger charge is -2.09. The molecule has 10 heteroatoms. The second-order valence-electron chi connectivity index (χ2n) is 6.42. The van der Waals surface area contributed by atoms with Crippen LogP contribution in [0.3, 0.4) is 0 Å². The van der Waals surface area contributed by atoms with Gasteiger partial charge in [0.05, 0.1) is 16.7 Å². The van der Waals surface area contributed by atoms with Gasteiger partial charge in [-0.2, -0.15) is 5.10 Å². The molecule has 1 amide bonds. The highest BCUT2D eigenvalue weighted by molar-refractivity contribution is 5.92. The topological polar surface area (TPSA) is 140 Å². The first-order valence-corrected chi connectivity index (χ1v) is 8.97. The molecule has 152 valence electrons. The Labute approximate surface area is 172 Å². The molecule has 0 radical (unpaired) electrons. The van der Waals surface area contributed by atoms with Crippen molar-refractivity contribution in [3.8, 4) is 28.8 Å². The Morgan fingerprint density at radius 1 is 1.37 bits per heavy atom. The van der Waals surface area contributed by atoms with E-state index in [9.17, 15) is 14.8 Å². The van der Waals surface area contributed by atoms with Crippen molar-refractivity contribution in [2.24, 2.45) is 11.0 Å². The number of pyridine rings is 1. The van der Waals surface area contributed by atoms with Crippen molar-refractivity contribution in [1.29, 1.82) is 0 Å². The number of aromatic nitrogens is 4. The number of nitrogens with two attached hydrogens (primary N) is 1. The number of hydrogen-bond acceptors (Lipinski definition) is 7. The number of primary amides is 1. The summed E-state index contributed by atoms with van der Waals surface area (Å²) >= 11 is 0. The van der Waals surface area contributed by atoms with Gasteiger partial charge in [-0.05, 0) is 24.3 Å². The first-order chi connectivity index (χ1) is 14.5. The number of amides is 1. The molecule has 30 heavy (non-hydrogen) atoms. The van der Waals surface area contributed by atoms with Gasteiger partial charge in [-0.25, -0.2) is 14.6 Å². The molecule has 0 saturated carbocycles. The van der Waals surface area contributed by atoms with Crippen molar-refractivity contribution >= 4 is 5.91 Å². The number of carbonyl (C=O) groups is 1. The van der Waals surface area contributed by atoms with Crippen LogP contribution in [0.25, 0.3) is 16.9 Å². The van der Waals surface area contributed by atoms with Crippen LogP contribution >= 0.6 is 0 Å². The van der Waals surface area contributed by atoms with E-state index in [2.05, 4.69) is 32.2 Å². The molecule has 1 aromatic carbocycles. The third kappa shape index (κ3) is 5.24. The fourth-order valence-electron chi connectivity index (χ4n) is 2.61. The van der Waals surface area contributed by atoms with E-state index in [0.717, 1.165) is 0 Å². The monoisotopic (exact) mass is 405 g/mol. The molecule has 10 nitrogen and oxygen atoms in total. The van der Waals surface area contributed by atoms with E-state index in [0.29, 0.717) is 35.5 Å². The smallest absolute Gasteiger partial charge is 0.267 e. The summed E-state index contributed by atoms with van der Waals surface area (Å²) in [5, 5.41) is 18.0. The highest BCUT2D eigenvalue weighted by Crippen LogP contribution is 2.22. The molecule has 3 aromatic rings. The molecule has 2 aromatic heterocycles. The second-order valence-corrected chi connectivity index (χ2v) is 6.42. The normalized spacial score (nSPS) is 11.3. The van der Waals surface area contributed by atoms with Crippen LogP contribution in [-0.2, 0) is 0 Å². The summed E-state index contributed by atoms with van der Waals surface area (Å²) in [7, 11) is 1.53. The maximum Gasteiger partial charge on any atom is 0.267 e. The number of hydrogen-bond donors (Lipinski definition) is 2. The summed E-state index contributed by atoms with van der Waals surface area (Å²) < 4.78 is 1.50. The standard InChI is InChI=1S/C20H19N7O3/c1-26(25-30)8-7-17(28)6-5-14-3-2-4-15(9-14)18-10-16(27-13-22-12-23-27)11-19(24-18)20(21)29/h2-4,9-13,17,28H,7-8H2,1H3,(H2,21,29)/t17-/m0/s1. The lowest BCUT2D eigenvalue weighted by atomic mass is 10.1. The number of carbonyl (C=O) groups excluding carboxylic acids is 1. The highest BCUT2D eigenvalue weighted by atomic mass is 16.3. The molecule has 0 saturated heterocycles. The van der Waals surface area contributed by atoms with E-state index >= 15 is 0 Å². The van der Waals surface area contributed by atoms with Crippen LogP contribution in [0.4, 0.5) is 0 Å². The summed E-state index contributed by atoms with van der Waals surface area (Å²) in [6.07, 6.45) is 2.28. The number of rotatable bonds is 7. The molecule has 0 aliphatic carbocycles. The lowest BCUT2D eigenvalue weighted by molar-refractivity contribution is 0.0995. The number of aliphatic hydroxyl groups is 1. The van der Waals surface area contributed by atoms with Gasteiger partial charge < -0.3 is 10.8 Å². The van der Waals surface area contributed by atoms with Crippen molar-refractivity contribution < 1.29 is 9.90 Å². The SMILES string of the molecule is CN(CC[C@@H](O)C#Cc1cccc(-c2cc(-n3cncn3)cc(C(N)=O)n2)c1)N=O. The van der Waals surface area contributed by atoms with Crippen LogP contribution < -0.4 is 5.73 Å². The molecule has 3 rings (SSSR count). The molecular formula is C20H19N7O3. The number of benzene rings is 1. The second kappa shape index (κ2) is 9.40. The van der Waals surface area contributed by atoms with Crippen LogP contribution in [0.1, 0.15) is 22.5 Å². The maximum atomic E-state index is 11.7. The van der Waals surface area contributed by atoms with E-state index in [-0.39, 0.29) is 5.69 Å². The van der Waals surface area contributed by atoms with Crippen LogP contribution in [-0.4, -0.2) is 55.5 Å². The zero-order valence-corrected chi connectivity index (χ0v) is 16.1. The molecule has 0 fully saturated rings. The molecule has 0 spiro atoms. The lowest BCUT2D eigenvalue weighted by Crippen LogP contribution is -2.17. The third-order valence-electron chi connectivity index (χ3n) is 4.15. The van der Waals surface area contributed by atoms with Gasteiger partial charge in [0.1, 0.15) is 24.5 Å².